The third-order valence-electron chi connectivity index (χ3n) is 6.10. The molecule has 1 fully saturated rings. The summed E-state index contributed by atoms with van der Waals surface area (Å²) in [5.74, 6) is 0.757. The zero-order valence-electron chi connectivity index (χ0n) is 18.5. The van der Waals surface area contributed by atoms with Gasteiger partial charge in [-0.15, -0.1) is 0 Å². The van der Waals surface area contributed by atoms with Gasteiger partial charge in [-0.3, -0.25) is 20.2 Å². The van der Waals surface area contributed by atoms with E-state index in [-0.39, 0.29) is 23.3 Å². The van der Waals surface area contributed by atoms with Crippen molar-refractivity contribution >= 4 is 28.3 Å². The molecule has 1 aromatic carbocycles. The zero-order valence-corrected chi connectivity index (χ0v) is 18.5. The minimum Gasteiger partial charge on any atom is -0.351 e. The van der Waals surface area contributed by atoms with Gasteiger partial charge in [0.1, 0.15) is 11.5 Å². The summed E-state index contributed by atoms with van der Waals surface area (Å²) < 4.78 is 0. The second kappa shape index (κ2) is 8.58. The van der Waals surface area contributed by atoms with Crippen LogP contribution in [-0.4, -0.2) is 57.0 Å². The number of benzene rings is 1. The van der Waals surface area contributed by atoms with Crippen LogP contribution >= 0.6 is 0 Å². The molecule has 2 N–H and O–H groups in total. The topological polar surface area (TPSA) is 107 Å². The Morgan fingerprint density at radius 2 is 2.09 bits per heavy atom. The highest BCUT2D eigenvalue weighted by Gasteiger charge is 2.34. The molecule has 0 bridgehead atoms. The lowest BCUT2D eigenvalue weighted by molar-refractivity contribution is -0.384. The highest BCUT2D eigenvalue weighted by Crippen LogP contribution is 2.24. The van der Waals surface area contributed by atoms with Crippen LogP contribution in [0.4, 0.5) is 11.5 Å². The number of aromatic amines is 1. The van der Waals surface area contributed by atoms with Crippen LogP contribution in [0.1, 0.15) is 37.7 Å². The van der Waals surface area contributed by atoms with Crippen LogP contribution in [0.2, 0.25) is 0 Å². The molecule has 1 saturated heterocycles. The minimum atomic E-state index is -0.434. The van der Waals surface area contributed by atoms with Crippen molar-refractivity contribution in [1.82, 2.24) is 20.2 Å². The third kappa shape index (κ3) is 4.43. The molecule has 9 nitrogen and oxygen atoms in total. The van der Waals surface area contributed by atoms with E-state index in [1.54, 1.807) is 18.3 Å². The number of carbonyl (C=O) groups excluding carboxylic acids is 1. The molecule has 0 spiro atoms. The first-order chi connectivity index (χ1) is 15.3. The smallest absolute Gasteiger partial charge is 0.270 e. The Balaban J connectivity index is 1.58. The molecular weight excluding hydrogens is 408 g/mol. The first-order valence-electron chi connectivity index (χ1n) is 10.8. The largest absolute Gasteiger partial charge is 0.351 e. The second-order valence-corrected chi connectivity index (χ2v) is 8.74. The lowest BCUT2D eigenvalue weighted by atomic mass is 10.0. The Hall–Kier alpha value is -3.46. The summed E-state index contributed by atoms with van der Waals surface area (Å²) in [6.45, 7) is 8.12. The summed E-state index contributed by atoms with van der Waals surface area (Å²) in [6.07, 6.45) is 2.62. The zero-order chi connectivity index (χ0) is 22.9. The number of amides is 1. The SMILES string of the molecule is CCC(C)(C)NC1CN(C(=O)c2cc3cc([N+](=O)[O-])ccc3[nH]2)CCN1c1ccccn1. The number of nitro groups is 1. The number of fused-ring (bicyclic) bond motifs is 1. The van der Waals surface area contributed by atoms with Crippen molar-refractivity contribution in [3.8, 4) is 0 Å². The van der Waals surface area contributed by atoms with Gasteiger partial charge in [0, 0.05) is 47.9 Å². The van der Waals surface area contributed by atoms with Crippen molar-refractivity contribution in [3.05, 3.63) is 64.5 Å². The summed E-state index contributed by atoms with van der Waals surface area (Å²) in [5, 5.41) is 15.4. The highest BCUT2D eigenvalue weighted by molar-refractivity contribution is 5.98. The lowest BCUT2D eigenvalue weighted by Crippen LogP contribution is -2.64. The number of nitrogens with zero attached hydrogens (tertiary/aromatic N) is 4. The quantitative estimate of drug-likeness (QED) is 0.452. The van der Waals surface area contributed by atoms with Gasteiger partial charge in [-0.05, 0) is 44.5 Å². The summed E-state index contributed by atoms with van der Waals surface area (Å²) in [5.41, 5.74) is 1.03. The van der Waals surface area contributed by atoms with Crippen LogP contribution < -0.4 is 10.2 Å². The molecule has 1 unspecified atom stereocenters. The number of nitro benzene ring substituents is 1. The van der Waals surface area contributed by atoms with Crippen LogP contribution in [-0.2, 0) is 0 Å². The molecule has 1 amide bonds. The van der Waals surface area contributed by atoms with Crippen molar-refractivity contribution in [3.63, 3.8) is 0 Å². The summed E-state index contributed by atoms with van der Waals surface area (Å²) in [6, 6.07) is 12.1. The molecule has 9 heteroatoms. The number of nitrogens with one attached hydrogen (secondary N) is 2. The van der Waals surface area contributed by atoms with E-state index in [9.17, 15) is 14.9 Å². The monoisotopic (exact) mass is 436 g/mol. The van der Waals surface area contributed by atoms with E-state index in [1.807, 2.05) is 23.1 Å². The van der Waals surface area contributed by atoms with Gasteiger partial charge in [0.2, 0.25) is 0 Å². The van der Waals surface area contributed by atoms with Crippen LogP contribution in [0.5, 0.6) is 0 Å². The van der Waals surface area contributed by atoms with Crippen molar-refractivity contribution in [2.24, 2.45) is 0 Å². The van der Waals surface area contributed by atoms with E-state index < -0.39 is 4.92 Å². The summed E-state index contributed by atoms with van der Waals surface area (Å²) >= 11 is 0. The number of carbonyl (C=O) groups is 1. The fourth-order valence-corrected chi connectivity index (χ4v) is 3.96. The van der Waals surface area contributed by atoms with Crippen LogP contribution in [0, 0.1) is 10.1 Å². The Kier molecular flexibility index (Phi) is 5.84. The fourth-order valence-electron chi connectivity index (χ4n) is 3.96. The van der Waals surface area contributed by atoms with Gasteiger partial charge in [0.15, 0.2) is 0 Å². The molecule has 4 rings (SSSR count). The fraction of sp³-hybridized carbons (Fsp3) is 0.391. The van der Waals surface area contributed by atoms with E-state index in [0.717, 1.165) is 12.2 Å². The average molecular weight is 437 g/mol. The molecule has 1 aliphatic heterocycles. The van der Waals surface area contributed by atoms with Crippen molar-refractivity contribution in [1.29, 1.82) is 0 Å². The molecule has 2 aromatic heterocycles. The molecule has 0 saturated carbocycles. The summed E-state index contributed by atoms with van der Waals surface area (Å²) in [7, 11) is 0. The van der Waals surface area contributed by atoms with E-state index >= 15 is 0 Å². The van der Waals surface area contributed by atoms with E-state index in [1.165, 1.54) is 12.1 Å². The molecule has 1 atom stereocenters. The number of non-ortho nitro benzene ring substituents is 1. The number of rotatable bonds is 6. The number of H-pyrrole nitrogens is 1. The minimum absolute atomic E-state index is 0.00513. The highest BCUT2D eigenvalue weighted by atomic mass is 16.6. The molecular formula is C23H28N6O3. The number of anilines is 1. The van der Waals surface area contributed by atoms with Gasteiger partial charge in [-0.2, -0.15) is 0 Å². The Morgan fingerprint density at radius 3 is 2.78 bits per heavy atom. The van der Waals surface area contributed by atoms with Gasteiger partial charge < -0.3 is 14.8 Å². The summed E-state index contributed by atoms with van der Waals surface area (Å²) in [4.78, 5) is 35.6. The maximum atomic E-state index is 13.3. The maximum absolute atomic E-state index is 13.3. The molecule has 0 aliphatic carbocycles. The van der Waals surface area contributed by atoms with Gasteiger partial charge in [0.25, 0.3) is 11.6 Å². The first-order valence-corrected chi connectivity index (χ1v) is 10.8. The van der Waals surface area contributed by atoms with Crippen LogP contribution in [0.25, 0.3) is 10.9 Å². The molecule has 168 valence electrons. The van der Waals surface area contributed by atoms with Crippen molar-refractivity contribution < 1.29 is 9.72 Å². The number of hydrogen-bond donors (Lipinski definition) is 2. The maximum Gasteiger partial charge on any atom is 0.270 e. The second-order valence-electron chi connectivity index (χ2n) is 8.74. The Morgan fingerprint density at radius 1 is 1.28 bits per heavy atom. The predicted octanol–water partition coefficient (Wildman–Crippen LogP) is 3.54. The molecule has 3 aromatic rings. The molecule has 32 heavy (non-hydrogen) atoms. The third-order valence-corrected chi connectivity index (χ3v) is 6.10. The van der Waals surface area contributed by atoms with Gasteiger partial charge in [0.05, 0.1) is 17.6 Å². The predicted molar refractivity (Wildman–Crippen MR) is 124 cm³/mol. The van der Waals surface area contributed by atoms with Crippen LogP contribution in [0.15, 0.2) is 48.7 Å². The van der Waals surface area contributed by atoms with E-state index in [2.05, 4.69) is 41.0 Å². The lowest BCUT2D eigenvalue weighted by Gasteiger charge is -2.45. The Bertz CT molecular complexity index is 1130. The van der Waals surface area contributed by atoms with Gasteiger partial charge in [-0.1, -0.05) is 13.0 Å². The Labute approximate surface area is 186 Å². The van der Waals surface area contributed by atoms with Crippen molar-refractivity contribution in [2.75, 3.05) is 24.5 Å². The molecule has 0 radical (unpaired) electrons. The number of aromatic nitrogens is 2. The van der Waals surface area contributed by atoms with E-state index in [0.29, 0.717) is 36.2 Å². The normalized spacial score (nSPS) is 17.0. The van der Waals surface area contributed by atoms with Gasteiger partial charge >= 0.3 is 0 Å². The number of pyridine rings is 1. The van der Waals surface area contributed by atoms with Gasteiger partial charge in [-0.25, -0.2) is 4.98 Å². The number of piperazine rings is 1. The molecule has 3 heterocycles. The standard InChI is InChI=1S/C23H28N6O3/c1-4-23(2,3)26-21-15-27(11-12-28(21)20-7-5-6-10-24-20)22(30)19-14-16-13-17(29(31)32)8-9-18(16)25-19/h5-10,13-14,21,25-26H,4,11-12,15H2,1-3H3. The number of hydrogen-bond acceptors (Lipinski definition) is 6. The van der Waals surface area contributed by atoms with E-state index in [4.69, 9.17) is 0 Å². The molecule has 1 aliphatic rings. The average Bonchev–Trinajstić information content (AvgIpc) is 3.22. The first kappa shape index (κ1) is 21.8. The van der Waals surface area contributed by atoms with Crippen LogP contribution in [0.3, 0.4) is 0 Å². The van der Waals surface area contributed by atoms with Crippen molar-refractivity contribution in [2.45, 2.75) is 38.9 Å².